The molecule has 3 heterocycles. The first-order valence-corrected chi connectivity index (χ1v) is 7.68. The van der Waals surface area contributed by atoms with Crippen LogP contribution in [0.3, 0.4) is 0 Å². The molecule has 1 aromatic carbocycles. The summed E-state index contributed by atoms with van der Waals surface area (Å²) < 4.78 is 5.30. The van der Waals surface area contributed by atoms with Gasteiger partial charge in [-0.15, -0.1) is 0 Å². The Morgan fingerprint density at radius 3 is 2.62 bits per heavy atom. The second-order valence-electron chi connectivity index (χ2n) is 5.75. The molecule has 2 aromatic heterocycles. The molecule has 1 aliphatic heterocycles. The van der Waals surface area contributed by atoms with Gasteiger partial charge in [0.05, 0.1) is 5.92 Å². The summed E-state index contributed by atoms with van der Waals surface area (Å²) >= 11 is 0. The number of nitrogens with zero attached hydrogens (tertiary/aromatic N) is 5. The summed E-state index contributed by atoms with van der Waals surface area (Å²) in [6.45, 7) is 3.09. The van der Waals surface area contributed by atoms with E-state index in [0.29, 0.717) is 30.6 Å². The summed E-state index contributed by atoms with van der Waals surface area (Å²) in [7, 11) is 0. The number of likely N-dealkylation sites (tertiary alicyclic amines) is 1. The van der Waals surface area contributed by atoms with Gasteiger partial charge < -0.3 is 9.42 Å². The zero-order chi connectivity index (χ0) is 16.5. The molecule has 1 saturated heterocycles. The summed E-state index contributed by atoms with van der Waals surface area (Å²) in [5.74, 6) is 1.42. The van der Waals surface area contributed by atoms with E-state index in [2.05, 4.69) is 20.1 Å². The van der Waals surface area contributed by atoms with Gasteiger partial charge in [-0.1, -0.05) is 23.4 Å². The van der Waals surface area contributed by atoms with Crippen LogP contribution in [0, 0.1) is 6.92 Å². The van der Waals surface area contributed by atoms with Gasteiger partial charge in [-0.2, -0.15) is 4.98 Å². The van der Waals surface area contributed by atoms with Crippen LogP contribution in [0.25, 0.3) is 11.6 Å². The van der Waals surface area contributed by atoms with Crippen molar-refractivity contribution in [3.05, 3.63) is 59.7 Å². The Balaban J connectivity index is 1.44. The van der Waals surface area contributed by atoms with Crippen LogP contribution in [0.15, 0.2) is 47.2 Å². The maximum absolute atomic E-state index is 12.5. The van der Waals surface area contributed by atoms with Crippen molar-refractivity contribution < 1.29 is 9.32 Å². The van der Waals surface area contributed by atoms with E-state index in [0.717, 1.165) is 11.1 Å². The van der Waals surface area contributed by atoms with Crippen molar-refractivity contribution in [1.29, 1.82) is 0 Å². The summed E-state index contributed by atoms with van der Waals surface area (Å²) in [6, 6.07) is 9.32. The van der Waals surface area contributed by atoms with E-state index in [1.165, 1.54) is 0 Å². The Bertz CT molecular complexity index is 871. The average molecular weight is 321 g/mol. The van der Waals surface area contributed by atoms with Gasteiger partial charge in [0.15, 0.2) is 0 Å². The quantitative estimate of drug-likeness (QED) is 0.734. The van der Waals surface area contributed by atoms with Crippen LogP contribution in [0.2, 0.25) is 0 Å². The molecule has 0 N–H and O–H groups in total. The second kappa shape index (κ2) is 5.84. The summed E-state index contributed by atoms with van der Waals surface area (Å²) in [6.07, 6.45) is 3.26. The van der Waals surface area contributed by atoms with Gasteiger partial charge >= 0.3 is 0 Å². The molecule has 120 valence electrons. The minimum absolute atomic E-state index is 0.0375. The van der Waals surface area contributed by atoms with Gasteiger partial charge in [0.25, 0.3) is 5.91 Å². The van der Waals surface area contributed by atoms with Crippen LogP contribution in [-0.2, 0) is 0 Å². The lowest BCUT2D eigenvalue weighted by Gasteiger charge is -2.37. The van der Waals surface area contributed by atoms with Crippen LogP contribution < -0.4 is 0 Å². The molecule has 0 saturated carbocycles. The second-order valence-corrected chi connectivity index (χ2v) is 5.75. The van der Waals surface area contributed by atoms with Crippen LogP contribution >= 0.6 is 0 Å². The number of aryl methyl sites for hydroxylation is 1. The highest BCUT2D eigenvalue weighted by Crippen LogP contribution is 2.28. The highest BCUT2D eigenvalue weighted by Gasteiger charge is 2.36. The lowest BCUT2D eigenvalue weighted by Crippen LogP contribution is -2.48. The minimum atomic E-state index is 0.0375. The summed E-state index contributed by atoms with van der Waals surface area (Å²) in [5.41, 5.74) is 1.71. The molecule has 24 heavy (non-hydrogen) atoms. The van der Waals surface area contributed by atoms with E-state index in [9.17, 15) is 4.79 Å². The molecule has 0 aliphatic carbocycles. The Hall–Kier alpha value is -3.09. The van der Waals surface area contributed by atoms with Gasteiger partial charge in [-0.25, -0.2) is 9.97 Å². The average Bonchev–Trinajstić information content (AvgIpc) is 3.04. The molecule has 0 radical (unpaired) electrons. The summed E-state index contributed by atoms with van der Waals surface area (Å²) in [5, 5.41) is 3.92. The van der Waals surface area contributed by atoms with Crippen LogP contribution in [0.5, 0.6) is 0 Å². The molecule has 3 aromatic rings. The molecule has 1 fully saturated rings. The number of aromatic nitrogens is 4. The molecule has 0 unspecified atom stereocenters. The molecular weight excluding hydrogens is 306 g/mol. The molecule has 0 atom stereocenters. The maximum atomic E-state index is 12.5. The zero-order valence-electron chi connectivity index (χ0n) is 13.1. The standard InChI is InChI=1S/C17H15N5O2/c1-11-5-2-3-6-13(11)17(23)22-9-12(10-22)16-20-15(21-24-16)14-18-7-4-8-19-14/h2-8,12H,9-10H2,1H3. The third-order valence-corrected chi connectivity index (χ3v) is 4.10. The molecule has 4 rings (SSSR count). The predicted molar refractivity (Wildman–Crippen MR) is 85.1 cm³/mol. The monoisotopic (exact) mass is 321 g/mol. The van der Waals surface area contributed by atoms with E-state index in [4.69, 9.17) is 4.52 Å². The third kappa shape index (κ3) is 2.54. The van der Waals surface area contributed by atoms with Crippen molar-refractivity contribution in [2.24, 2.45) is 0 Å². The zero-order valence-corrected chi connectivity index (χ0v) is 13.1. The van der Waals surface area contributed by atoms with Crippen molar-refractivity contribution in [2.75, 3.05) is 13.1 Å². The Kier molecular flexibility index (Phi) is 3.53. The van der Waals surface area contributed by atoms with E-state index < -0.39 is 0 Å². The van der Waals surface area contributed by atoms with Crippen molar-refractivity contribution in [3.8, 4) is 11.6 Å². The number of benzene rings is 1. The lowest BCUT2D eigenvalue weighted by molar-refractivity contribution is 0.0568. The van der Waals surface area contributed by atoms with Crippen LogP contribution in [0.1, 0.15) is 27.7 Å². The smallest absolute Gasteiger partial charge is 0.254 e. The number of carbonyl (C=O) groups excluding carboxylic acids is 1. The number of carbonyl (C=O) groups is 1. The van der Waals surface area contributed by atoms with Crippen LogP contribution in [0.4, 0.5) is 0 Å². The lowest BCUT2D eigenvalue weighted by atomic mass is 9.97. The normalized spacial score (nSPS) is 14.5. The fourth-order valence-corrected chi connectivity index (χ4v) is 2.69. The van der Waals surface area contributed by atoms with Gasteiger partial charge in [0.1, 0.15) is 0 Å². The van der Waals surface area contributed by atoms with Crippen molar-refractivity contribution >= 4 is 5.91 Å². The topological polar surface area (TPSA) is 85.0 Å². The van der Waals surface area contributed by atoms with Crippen LogP contribution in [-0.4, -0.2) is 44.0 Å². The molecule has 0 spiro atoms. The Labute approximate surface area is 138 Å². The minimum Gasteiger partial charge on any atom is -0.338 e. The fraction of sp³-hybridized carbons (Fsp3) is 0.235. The Morgan fingerprint density at radius 1 is 1.12 bits per heavy atom. The molecule has 7 nitrogen and oxygen atoms in total. The fourth-order valence-electron chi connectivity index (χ4n) is 2.69. The highest BCUT2D eigenvalue weighted by atomic mass is 16.5. The van der Waals surface area contributed by atoms with Crippen molar-refractivity contribution in [3.63, 3.8) is 0 Å². The largest absolute Gasteiger partial charge is 0.338 e. The van der Waals surface area contributed by atoms with E-state index >= 15 is 0 Å². The molecule has 1 amide bonds. The first kappa shape index (κ1) is 14.5. The van der Waals surface area contributed by atoms with Gasteiger partial charge in [-0.05, 0) is 24.6 Å². The Morgan fingerprint density at radius 2 is 1.88 bits per heavy atom. The third-order valence-electron chi connectivity index (χ3n) is 4.10. The van der Waals surface area contributed by atoms with Gasteiger partial charge in [0, 0.05) is 31.0 Å². The first-order chi connectivity index (χ1) is 11.7. The van der Waals surface area contributed by atoms with E-state index in [-0.39, 0.29) is 11.8 Å². The maximum Gasteiger partial charge on any atom is 0.254 e. The van der Waals surface area contributed by atoms with Gasteiger partial charge in [-0.3, -0.25) is 4.79 Å². The predicted octanol–water partition coefficient (Wildman–Crippen LogP) is 2.07. The van der Waals surface area contributed by atoms with Crippen molar-refractivity contribution in [2.45, 2.75) is 12.8 Å². The molecule has 0 bridgehead atoms. The number of amides is 1. The van der Waals surface area contributed by atoms with E-state index in [1.54, 1.807) is 23.4 Å². The first-order valence-electron chi connectivity index (χ1n) is 7.68. The molecule has 1 aliphatic rings. The number of hydrogen-bond acceptors (Lipinski definition) is 6. The SMILES string of the molecule is Cc1ccccc1C(=O)N1CC(c2nc(-c3ncccn3)no2)C1. The van der Waals surface area contributed by atoms with Crippen molar-refractivity contribution in [1.82, 2.24) is 25.0 Å². The highest BCUT2D eigenvalue weighted by molar-refractivity contribution is 5.96. The number of hydrogen-bond donors (Lipinski definition) is 0. The summed E-state index contributed by atoms with van der Waals surface area (Å²) in [4.78, 5) is 26.8. The van der Waals surface area contributed by atoms with Gasteiger partial charge in [0.2, 0.25) is 17.5 Å². The van der Waals surface area contributed by atoms with E-state index in [1.807, 2.05) is 31.2 Å². The molecular formula is C17H15N5O2. The number of rotatable bonds is 3. The molecule has 7 heteroatoms.